The molecule has 1 rings (SSSR count). The molecule has 0 heterocycles. The Morgan fingerprint density at radius 1 is 1.38 bits per heavy atom. The lowest BCUT2D eigenvalue weighted by Gasteiger charge is -2.03. The van der Waals surface area contributed by atoms with Gasteiger partial charge in [-0.05, 0) is 13.0 Å². The number of carboxylic acids is 1. The zero-order valence-corrected chi connectivity index (χ0v) is 7.19. The van der Waals surface area contributed by atoms with Crippen LogP contribution in [0.1, 0.15) is 12.5 Å². The molecule has 1 aromatic carbocycles. The quantitative estimate of drug-likeness (QED) is 0.680. The Labute approximate surface area is 76.0 Å². The summed E-state index contributed by atoms with van der Waals surface area (Å²) in [5.41, 5.74) is 0.454. The first-order valence-electron chi connectivity index (χ1n) is 3.84. The van der Waals surface area contributed by atoms with E-state index in [2.05, 4.69) is 0 Å². The molecule has 0 aliphatic heterocycles. The number of aromatic hydroxyl groups is 1. The Morgan fingerprint density at radius 3 is 2.46 bits per heavy atom. The van der Waals surface area contributed by atoms with Crippen molar-refractivity contribution >= 4 is 11.5 Å². The van der Waals surface area contributed by atoms with Gasteiger partial charge in [0.25, 0.3) is 0 Å². The molecule has 0 aliphatic rings. The molecule has 3 nitrogen and oxygen atoms in total. The van der Waals surface area contributed by atoms with Crippen molar-refractivity contribution in [3.8, 4) is 5.75 Å². The van der Waals surface area contributed by atoms with E-state index in [0.717, 1.165) is 0 Å². The first-order chi connectivity index (χ1) is 6.16. The van der Waals surface area contributed by atoms with Gasteiger partial charge in [-0.3, -0.25) is 0 Å². The van der Waals surface area contributed by atoms with Crippen LogP contribution in [0.15, 0.2) is 30.3 Å². The molecule has 0 aliphatic carbocycles. The van der Waals surface area contributed by atoms with Gasteiger partial charge in [-0.25, -0.2) is 4.79 Å². The summed E-state index contributed by atoms with van der Waals surface area (Å²) in [6.07, 6.45) is 1.46. The van der Waals surface area contributed by atoms with Crippen LogP contribution in [0.4, 0.5) is 0 Å². The Kier molecular flexibility index (Phi) is 2.69. The molecular formula is C10H10O3. The third-order valence-corrected chi connectivity index (χ3v) is 1.71. The summed E-state index contributed by atoms with van der Waals surface area (Å²) < 4.78 is 0. The monoisotopic (exact) mass is 178 g/mol. The van der Waals surface area contributed by atoms with E-state index in [9.17, 15) is 9.90 Å². The Balaban J connectivity index is 3.21. The summed E-state index contributed by atoms with van der Waals surface area (Å²) in [7, 11) is 0. The van der Waals surface area contributed by atoms with Gasteiger partial charge in [0.05, 0.1) is 5.57 Å². The van der Waals surface area contributed by atoms with Crippen LogP contribution in [-0.4, -0.2) is 16.2 Å². The molecule has 0 unspecified atom stereocenters. The summed E-state index contributed by atoms with van der Waals surface area (Å²) in [5.74, 6) is -1.05. The number of aliphatic carboxylic acids is 1. The van der Waals surface area contributed by atoms with Crippen LogP contribution in [-0.2, 0) is 4.79 Å². The summed E-state index contributed by atoms with van der Waals surface area (Å²) in [6.45, 7) is 1.62. The van der Waals surface area contributed by atoms with Crippen LogP contribution in [0.25, 0.3) is 5.57 Å². The molecule has 0 radical (unpaired) electrons. The molecule has 0 spiro atoms. The Hall–Kier alpha value is -1.77. The maximum atomic E-state index is 10.7. The van der Waals surface area contributed by atoms with E-state index in [0.29, 0.717) is 5.56 Å². The average molecular weight is 178 g/mol. The number of hydrogen-bond acceptors (Lipinski definition) is 2. The van der Waals surface area contributed by atoms with Crippen LogP contribution in [0.2, 0.25) is 0 Å². The number of rotatable bonds is 2. The van der Waals surface area contributed by atoms with Gasteiger partial charge in [0, 0.05) is 5.56 Å². The number of benzene rings is 1. The molecule has 3 heteroatoms. The van der Waals surface area contributed by atoms with Crippen LogP contribution in [0, 0.1) is 0 Å². The number of hydrogen-bond donors (Lipinski definition) is 2. The SMILES string of the molecule is C/C=C(/C(=O)O)c1ccccc1O. The van der Waals surface area contributed by atoms with E-state index in [1.54, 1.807) is 25.1 Å². The maximum Gasteiger partial charge on any atom is 0.336 e. The van der Waals surface area contributed by atoms with Gasteiger partial charge in [0.15, 0.2) is 0 Å². The van der Waals surface area contributed by atoms with Gasteiger partial charge in [-0.1, -0.05) is 24.3 Å². The molecule has 13 heavy (non-hydrogen) atoms. The van der Waals surface area contributed by atoms with Crippen LogP contribution >= 0.6 is 0 Å². The lowest BCUT2D eigenvalue weighted by molar-refractivity contribution is -0.130. The minimum Gasteiger partial charge on any atom is -0.507 e. The Morgan fingerprint density at radius 2 is 2.00 bits per heavy atom. The largest absolute Gasteiger partial charge is 0.507 e. The highest BCUT2D eigenvalue weighted by Gasteiger charge is 2.11. The van der Waals surface area contributed by atoms with Gasteiger partial charge >= 0.3 is 5.97 Å². The minimum atomic E-state index is -1.04. The first-order valence-corrected chi connectivity index (χ1v) is 3.84. The number of carbonyl (C=O) groups is 1. The normalized spacial score (nSPS) is 11.3. The summed E-state index contributed by atoms with van der Waals surface area (Å²) in [5, 5.41) is 18.1. The Bertz CT molecular complexity index is 353. The van der Waals surface area contributed by atoms with Crippen molar-refractivity contribution in [3.05, 3.63) is 35.9 Å². The summed E-state index contributed by atoms with van der Waals surface area (Å²) in [4.78, 5) is 10.7. The first kappa shape index (κ1) is 9.32. The van der Waals surface area contributed by atoms with E-state index < -0.39 is 5.97 Å². The molecule has 0 fully saturated rings. The van der Waals surface area contributed by atoms with Crippen LogP contribution in [0.3, 0.4) is 0 Å². The van der Waals surface area contributed by atoms with Crippen LogP contribution in [0.5, 0.6) is 5.75 Å². The van der Waals surface area contributed by atoms with Crippen molar-refractivity contribution in [1.82, 2.24) is 0 Å². The van der Waals surface area contributed by atoms with Crippen molar-refractivity contribution in [2.45, 2.75) is 6.92 Å². The third kappa shape index (κ3) is 1.87. The second kappa shape index (κ2) is 3.76. The topological polar surface area (TPSA) is 57.5 Å². The molecule has 0 atom stereocenters. The molecule has 0 aromatic heterocycles. The van der Waals surface area contributed by atoms with E-state index in [-0.39, 0.29) is 11.3 Å². The lowest BCUT2D eigenvalue weighted by Crippen LogP contribution is -1.99. The summed E-state index contributed by atoms with van der Waals surface area (Å²) in [6, 6.07) is 6.36. The third-order valence-electron chi connectivity index (χ3n) is 1.71. The number of phenolic OH excluding ortho intramolecular Hbond substituents is 1. The molecule has 0 amide bonds. The van der Waals surface area contributed by atoms with E-state index >= 15 is 0 Å². The number of allylic oxidation sites excluding steroid dienone is 1. The van der Waals surface area contributed by atoms with Crippen LogP contribution < -0.4 is 0 Å². The van der Waals surface area contributed by atoms with Gasteiger partial charge in [-0.15, -0.1) is 0 Å². The minimum absolute atomic E-state index is 0.0157. The van der Waals surface area contributed by atoms with Crippen molar-refractivity contribution in [2.24, 2.45) is 0 Å². The van der Waals surface area contributed by atoms with Gasteiger partial charge in [0.1, 0.15) is 5.75 Å². The van der Waals surface area contributed by atoms with E-state index in [4.69, 9.17) is 5.11 Å². The lowest BCUT2D eigenvalue weighted by atomic mass is 10.1. The maximum absolute atomic E-state index is 10.7. The second-order valence-corrected chi connectivity index (χ2v) is 2.52. The predicted octanol–water partition coefficient (Wildman–Crippen LogP) is 1.88. The predicted molar refractivity (Wildman–Crippen MR) is 49.4 cm³/mol. The molecule has 0 bridgehead atoms. The average Bonchev–Trinajstić information content (AvgIpc) is 2.09. The fourth-order valence-corrected chi connectivity index (χ4v) is 1.10. The van der Waals surface area contributed by atoms with Crippen molar-refractivity contribution < 1.29 is 15.0 Å². The summed E-state index contributed by atoms with van der Waals surface area (Å²) >= 11 is 0. The van der Waals surface area contributed by atoms with Crippen molar-refractivity contribution in [3.63, 3.8) is 0 Å². The number of carboxylic acid groups (broad SMARTS) is 1. The fourth-order valence-electron chi connectivity index (χ4n) is 1.10. The smallest absolute Gasteiger partial charge is 0.336 e. The molecule has 0 saturated heterocycles. The second-order valence-electron chi connectivity index (χ2n) is 2.52. The molecule has 68 valence electrons. The van der Waals surface area contributed by atoms with Crippen molar-refractivity contribution in [2.75, 3.05) is 0 Å². The molecule has 0 saturated carbocycles. The molecule has 1 aromatic rings. The zero-order valence-electron chi connectivity index (χ0n) is 7.19. The highest BCUT2D eigenvalue weighted by molar-refractivity contribution is 6.16. The highest BCUT2D eigenvalue weighted by Crippen LogP contribution is 2.24. The molecule has 2 N–H and O–H groups in total. The number of para-hydroxylation sites is 1. The van der Waals surface area contributed by atoms with Crippen molar-refractivity contribution in [1.29, 1.82) is 0 Å². The van der Waals surface area contributed by atoms with E-state index in [1.165, 1.54) is 12.1 Å². The standard InChI is InChI=1S/C10H10O3/c1-2-7(10(12)13)8-5-3-4-6-9(8)11/h2-6,11H,1H3,(H,12,13)/b7-2+. The van der Waals surface area contributed by atoms with Gasteiger partial charge < -0.3 is 10.2 Å². The number of phenols is 1. The zero-order chi connectivity index (χ0) is 9.84. The van der Waals surface area contributed by atoms with E-state index in [1.807, 2.05) is 0 Å². The highest BCUT2D eigenvalue weighted by atomic mass is 16.4. The molecular weight excluding hydrogens is 168 g/mol. The fraction of sp³-hybridized carbons (Fsp3) is 0.100. The van der Waals surface area contributed by atoms with Gasteiger partial charge in [-0.2, -0.15) is 0 Å². The van der Waals surface area contributed by atoms with Gasteiger partial charge in [0.2, 0.25) is 0 Å².